The fraction of sp³-hybridized carbons (Fsp3) is 0.478. The molecule has 156 valence electrons. The molecule has 2 fully saturated rings. The Morgan fingerprint density at radius 2 is 1.80 bits per heavy atom. The Bertz CT molecular complexity index is 871. The fourth-order valence-corrected chi connectivity index (χ4v) is 4.36. The van der Waals surface area contributed by atoms with Crippen molar-refractivity contribution >= 4 is 11.7 Å². The highest BCUT2D eigenvalue weighted by Gasteiger charge is 2.29. The van der Waals surface area contributed by atoms with Crippen molar-refractivity contribution in [3.8, 4) is 17.3 Å². The smallest absolute Gasteiger partial charge is 0.237 e. The summed E-state index contributed by atoms with van der Waals surface area (Å²) in [6.07, 6.45) is 5.81. The van der Waals surface area contributed by atoms with Gasteiger partial charge in [-0.05, 0) is 50.7 Å². The second-order valence-corrected chi connectivity index (χ2v) is 8.12. The normalized spacial score (nSPS) is 23.7. The summed E-state index contributed by atoms with van der Waals surface area (Å²) in [6, 6.07) is 16.7. The summed E-state index contributed by atoms with van der Waals surface area (Å²) in [4.78, 5) is 14.1. The number of benzene rings is 1. The fourth-order valence-electron chi connectivity index (χ4n) is 4.36. The summed E-state index contributed by atoms with van der Waals surface area (Å²) < 4.78 is 0. The van der Waals surface area contributed by atoms with Gasteiger partial charge in [0.05, 0.1) is 18.3 Å². The third kappa shape index (κ3) is 4.95. The largest absolute Gasteiger partial charge is 0.366 e. The van der Waals surface area contributed by atoms with Crippen molar-refractivity contribution in [2.45, 2.75) is 56.7 Å². The highest BCUT2D eigenvalue weighted by molar-refractivity contribution is 5.79. The number of nitrogens with zero attached hydrogens (tertiary/aromatic N) is 4. The lowest BCUT2D eigenvalue weighted by Gasteiger charge is -2.30. The number of anilines is 1. The Labute approximate surface area is 177 Å². The van der Waals surface area contributed by atoms with Gasteiger partial charge >= 0.3 is 0 Å². The molecule has 1 aliphatic carbocycles. The van der Waals surface area contributed by atoms with Crippen molar-refractivity contribution in [3.63, 3.8) is 0 Å². The maximum Gasteiger partial charge on any atom is 0.237 e. The van der Waals surface area contributed by atoms with Crippen LogP contribution in [-0.4, -0.2) is 52.2 Å². The van der Waals surface area contributed by atoms with E-state index in [4.69, 9.17) is 5.26 Å². The number of likely N-dealkylation sites (tertiary alicyclic amines) is 1. The van der Waals surface area contributed by atoms with Crippen LogP contribution in [0.25, 0.3) is 11.3 Å². The van der Waals surface area contributed by atoms with Gasteiger partial charge in [0.15, 0.2) is 0 Å². The van der Waals surface area contributed by atoms with Crippen molar-refractivity contribution in [1.82, 2.24) is 20.4 Å². The number of carbonyl (C=O) groups excluding carboxylic acids is 1. The van der Waals surface area contributed by atoms with Gasteiger partial charge in [-0.2, -0.15) is 5.26 Å². The lowest BCUT2D eigenvalue weighted by molar-refractivity contribution is -0.130. The van der Waals surface area contributed by atoms with Crippen molar-refractivity contribution in [2.24, 2.45) is 0 Å². The van der Waals surface area contributed by atoms with Crippen LogP contribution in [0.15, 0.2) is 42.5 Å². The molecule has 0 radical (unpaired) electrons. The molecule has 1 amide bonds. The average Bonchev–Trinajstić information content (AvgIpc) is 3.29. The molecule has 2 aliphatic rings. The molecule has 1 atom stereocenters. The number of aromatic nitrogens is 2. The number of hydrogen-bond donors (Lipinski definition) is 2. The van der Waals surface area contributed by atoms with Crippen LogP contribution in [0.4, 0.5) is 5.82 Å². The van der Waals surface area contributed by atoms with Gasteiger partial charge in [-0.25, -0.2) is 0 Å². The monoisotopic (exact) mass is 404 g/mol. The summed E-state index contributed by atoms with van der Waals surface area (Å²) >= 11 is 0. The molecule has 4 rings (SSSR count). The van der Waals surface area contributed by atoms with Crippen LogP contribution in [0.1, 0.15) is 38.5 Å². The van der Waals surface area contributed by atoms with E-state index in [2.05, 4.69) is 26.9 Å². The zero-order chi connectivity index (χ0) is 20.8. The Kier molecular flexibility index (Phi) is 6.55. The molecule has 30 heavy (non-hydrogen) atoms. The predicted octanol–water partition coefficient (Wildman–Crippen LogP) is 2.97. The second kappa shape index (κ2) is 9.68. The van der Waals surface area contributed by atoms with E-state index in [0.29, 0.717) is 25.2 Å². The van der Waals surface area contributed by atoms with Crippen molar-refractivity contribution in [3.05, 3.63) is 42.5 Å². The van der Waals surface area contributed by atoms with E-state index < -0.39 is 0 Å². The van der Waals surface area contributed by atoms with E-state index >= 15 is 0 Å². The van der Waals surface area contributed by atoms with E-state index in [1.54, 1.807) is 4.90 Å². The Balaban J connectivity index is 1.20. The van der Waals surface area contributed by atoms with Crippen molar-refractivity contribution < 1.29 is 4.79 Å². The summed E-state index contributed by atoms with van der Waals surface area (Å²) in [5.41, 5.74) is 1.93. The molecule has 2 aromatic rings. The summed E-state index contributed by atoms with van der Waals surface area (Å²) in [5, 5.41) is 24.7. The van der Waals surface area contributed by atoms with E-state index in [1.807, 2.05) is 42.5 Å². The summed E-state index contributed by atoms with van der Waals surface area (Å²) in [6.45, 7) is 1.03. The molecule has 7 heteroatoms. The van der Waals surface area contributed by atoms with Crippen molar-refractivity contribution in [2.75, 3.05) is 18.4 Å². The van der Waals surface area contributed by atoms with Crippen LogP contribution < -0.4 is 10.6 Å². The predicted molar refractivity (Wildman–Crippen MR) is 115 cm³/mol. The van der Waals surface area contributed by atoms with Gasteiger partial charge < -0.3 is 15.5 Å². The SMILES string of the molecule is N#C[C@@H]1CCCN1C(=O)CNC1CCC(Nc2ccc(-c3ccccc3)nn2)CC1. The highest BCUT2D eigenvalue weighted by atomic mass is 16.2. The first-order valence-electron chi connectivity index (χ1n) is 10.8. The maximum atomic E-state index is 12.4. The molecule has 2 heterocycles. The van der Waals surface area contributed by atoms with Crippen molar-refractivity contribution in [1.29, 1.82) is 5.26 Å². The minimum Gasteiger partial charge on any atom is -0.366 e. The van der Waals surface area contributed by atoms with Gasteiger partial charge in [-0.3, -0.25) is 4.79 Å². The number of nitrogens with one attached hydrogen (secondary N) is 2. The standard InChI is InChI=1S/C23H28N6O/c24-15-20-7-4-14-29(20)23(30)16-25-18-8-10-19(11-9-18)26-22-13-12-21(27-28-22)17-5-2-1-3-6-17/h1-3,5-6,12-13,18-20,25H,4,7-11,14,16H2,(H,26,28)/t18?,19?,20-/m0/s1. The first-order valence-corrected chi connectivity index (χ1v) is 10.8. The summed E-state index contributed by atoms with van der Waals surface area (Å²) in [5.74, 6) is 0.853. The highest BCUT2D eigenvalue weighted by Crippen LogP contribution is 2.23. The molecule has 1 saturated carbocycles. The molecular formula is C23H28N6O. The van der Waals surface area contributed by atoms with Gasteiger partial charge in [0.2, 0.25) is 5.91 Å². The Hall–Kier alpha value is -2.98. The summed E-state index contributed by atoms with van der Waals surface area (Å²) in [7, 11) is 0. The zero-order valence-corrected chi connectivity index (χ0v) is 17.1. The molecular weight excluding hydrogens is 376 g/mol. The number of nitriles is 1. The molecule has 0 unspecified atom stereocenters. The maximum absolute atomic E-state index is 12.4. The van der Waals surface area contributed by atoms with Gasteiger partial charge in [-0.15, -0.1) is 10.2 Å². The van der Waals surface area contributed by atoms with E-state index in [1.165, 1.54) is 0 Å². The van der Waals surface area contributed by atoms with Gasteiger partial charge in [0.25, 0.3) is 0 Å². The molecule has 2 N–H and O–H groups in total. The van der Waals surface area contributed by atoms with E-state index in [-0.39, 0.29) is 11.9 Å². The first-order chi connectivity index (χ1) is 14.7. The molecule has 1 aliphatic heterocycles. The topological polar surface area (TPSA) is 93.9 Å². The van der Waals surface area contributed by atoms with Crippen LogP contribution in [0.2, 0.25) is 0 Å². The molecule has 1 aromatic heterocycles. The minimum atomic E-state index is -0.242. The van der Waals surface area contributed by atoms with E-state index in [9.17, 15) is 4.79 Å². The lowest BCUT2D eigenvalue weighted by atomic mass is 9.91. The molecule has 0 spiro atoms. The molecule has 0 bridgehead atoms. The van der Waals surface area contributed by atoms with Crippen LogP contribution in [0.5, 0.6) is 0 Å². The number of rotatable bonds is 6. The number of carbonyl (C=O) groups is 1. The van der Waals surface area contributed by atoms with Crippen LogP contribution >= 0.6 is 0 Å². The van der Waals surface area contributed by atoms with Crippen LogP contribution in [0, 0.1) is 11.3 Å². The third-order valence-electron chi connectivity index (χ3n) is 6.08. The van der Waals surface area contributed by atoms with Gasteiger partial charge in [-0.1, -0.05) is 30.3 Å². The molecule has 1 saturated heterocycles. The number of hydrogen-bond acceptors (Lipinski definition) is 6. The van der Waals surface area contributed by atoms with Gasteiger partial charge in [0, 0.05) is 24.2 Å². The van der Waals surface area contributed by atoms with Crippen LogP contribution in [-0.2, 0) is 4.79 Å². The average molecular weight is 405 g/mol. The second-order valence-electron chi connectivity index (χ2n) is 8.12. The Morgan fingerprint density at radius 3 is 2.50 bits per heavy atom. The van der Waals surface area contributed by atoms with Gasteiger partial charge in [0.1, 0.15) is 11.9 Å². The quantitative estimate of drug-likeness (QED) is 0.769. The Morgan fingerprint density at radius 1 is 1.03 bits per heavy atom. The minimum absolute atomic E-state index is 0.0491. The zero-order valence-electron chi connectivity index (χ0n) is 17.1. The third-order valence-corrected chi connectivity index (χ3v) is 6.08. The molecule has 7 nitrogen and oxygen atoms in total. The molecule has 1 aromatic carbocycles. The lowest BCUT2D eigenvalue weighted by Crippen LogP contribution is -2.45. The first kappa shape index (κ1) is 20.3. The van der Waals surface area contributed by atoms with E-state index in [0.717, 1.165) is 55.6 Å². The number of amides is 1. The van der Waals surface area contributed by atoms with Crippen LogP contribution in [0.3, 0.4) is 0 Å².